The van der Waals surface area contributed by atoms with Crippen LogP contribution in [0, 0.1) is 17.3 Å². The summed E-state index contributed by atoms with van der Waals surface area (Å²) < 4.78 is 0. The maximum Gasteiger partial charge on any atom is 0.372 e. The molecular weight excluding hydrogens is 200 g/mol. The fourth-order valence-electron chi connectivity index (χ4n) is 2.17. The molecule has 2 N–H and O–H groups in total. The van der Waals surface area contributed by atoms with E-state index >= 15 is 0 Å². The van der Waals surface area contributed by atoms with Gasteiger partial charge in [0.1, 0.15) is 0 Å². The molecule has 1 saturated carbocycles. The van der Waals surface area contributed by atoms with Gasteiger partial charge in [-0.2, -0.15) is 0 Å². The maximum absolute atomic E-state index is 11.2. The minimum atomic E-state index is -1.43. The summed E-state index contributed by atoms with van der Waals surface area (Å²) in [5, 5.41) is 17.2. The Bertz CT molecular complexity index is 318. The second-order valence-corrected chi connectivity index (χ2v) is 4.57. The molecule has 0 bridgehead atoms. The first-order valence-corrected chi connectivity index (χ1v) is 4.75. The molecule has 1 aliphatic rings. The molecule has 0 unspecified atom stereocenters. The van der Waals surface area contributed by atoms with E-state index in [1.165, 1.54) is 0 Å². The molecular formula is C10H14O5. The molecule has 1 aliphatic carbocycles. The summed E-state index contributed by atoms with van der Waals surface area (Å²) >= 11 is 0. The van der Waals surface area contributed by atoms with Crippen LogP contribution >= 0.6 is 0 Å². The quantitative estimate of drug-likeness (QED) is 0.674. The van der Waals surface area contributed by atoms with Crippen molar-refractivity contribution in [1.29, 1.82) is 0 Å². The summed E-state index contributed by atoms with van der Waals surface area (Å²) in [7, 11) is 0. The topological polar surface area (TPSA) is 91.7 Å². The van der Waals surface area contributed by atoms with Crippen LogP contribution < -0.4 is 0 Å². The summed E-state index contributed by atoms with van der Waals surface area (Å²) in [5.74, 6) is -3.79. The number of aliphatic carboxylic acids is 2. The average molecular weight is 214 g/mol. The monoisotopic (exact) mass is 214 g/mol. The highest BCUT2D eigenvalue weighted by atomic mass is 16.4. The molecule has 0 aromatic carbocycles. The first-order valence-electron chi connectivity index (χ1n) is 4.75. The molecule has 84 valence electrons. The standard InChI is InChI=1S/C10H14O5/c1-10(2)5(4-7(11)12)3-6(10)8(13)9(14)15/h5-6H,3-4H2,1-2H3,(H,11,12)(H,14,15)/t5-,6+/m1/s1. The number of hydrogen-bond donors (Lipinski definition) is 2. The van der Waals surface area contributed by atoms with Crippen molar-refractivity contribution in [3.8, 4) is 0 Å². The van der Waals surface area contributed by atoms with Crippen molar-refractivity contribution in [1.82, 2.24) is 0 Å². The lowest BCUT2D eigenvalue weighted by Gasteiger charge is -2.50. The Morgan fingerprint density at radius 3 is 2.13 bits per heavy atom. The number of hydrogen-bond acceptors (Lipinski definition) is 3. The van der Waals surface area contributed by atoms with Gasteiger partial charge in [0.15, 0.2) is 0 Å². The summed E-state index contributed by atoms with van der Waals surface area (Å²) in [6.07, 6.45) is 0.362. The highest BCUT2D eigenvalue weighted by Crippen LogP contribution is 2.53. The van der Waals surface area contributed by atoms with Gasteiger partial charge in [-0.25, -0.2) is 4.79 Å². The van der Waals surface area contributed by atoms with Gasteiger partial charge in [-0.1, -0.05) is 13.8 Å². The van der Waals surface area contributed by atoms with Gasteiger partial charge >= 0.3 is 11.9 Å². The molecule has 0 saturated heterocycles. The maximum atomic E-state index is 11.2. The number of Topliss-reactive ketones (excluding diaryl/α,β-unsaturated/α-hetero) is 1. The van der Waals surface area contributed by atoms with E-state index in [1.807, 2.05) is 0 Å². The Hall–Kier alpha value is -1.39. The predicted octanol–water partition coefficient (Wildman–Crippen LogP) is 0.777. The van der Waals surface area contributed by atoms with E-state index in [1.54, 1.807) is 13.8 Å². The fourth-order valence-corrected chi connectivity index (χ4v) is 2.17. The van der Waals surface area contributed by atoms with Crippen molar-refractivity contribution in [2.45, 2.75) is 26.7 Å². The van der Waals surface area contributed by atoms with Crippen LogP contribution in [0.15, 0.2) is 0 Å². The molecule has 5 heteroatoms. The number of carbonyl (C=O) groups is 3. The second-order valence-electron chi connectivity index (χ2n) is 4.57. The van der Waals surface area contributed by atoms with Crippen molar-refractivity contribution in [3.05, 3.63) is 0 Å². The minimum Gasteiger partial charge on any atom is -0.481 e. The number of carboxylic acid groups (broad SMARTS) is 2. The van der Waals surface area contributed by atoms with Crippen molar-refractivity contribution in [2.75, 3.05) is 0 Å². The molecule has 0 aliphatic heterocycles. The third-order valence-electron chi connectivity index (χ3n) is 3.42. The highest BCUT2D eigenvalue weighted by molar-refractivity contribution is 6.33. The van der Waals surface area contributed by atoms with Crippen LogP contribution in [0.1, 0.15) is 26.7 Å². The average Bonchev–Trinajstić information content (AvgIpc) is 2.10. The largest absolute Gasteiger partial charge is 0.481 e. The Morgan fingerprint density at radius 1 is 1.27 bits per heavy atom. The Morgan fingerprint density at radius 2 is 1.80 bits per heavy atom. The van der Waals surface area contributed by atoms with E-state index in [0.29, 0.717) is 6.42 Å². The molecule has 0 aromatic rings. The smallest absolute Gasteiger partial charge is 0.372 e. The molecule has 0 aromatic heterocycles. The van der Waals surface area contributed by atoms with E-state index in [2.05, 4.69) is 0 Å². The molecule has 1 fully saturated rings. The van der Waals surface area contributed by atoms with Gasteiger partial charge in [0.05, 0.1) is 0 Å². The Balaban J connectivity index is 2.67. The molecule has 0 amide bonds. The van der Waals surface area contributed by atoms with Crippen LogP contribution in [0.25, 0.3) is 0 Å². The lowest BCUT2D eigenvalue weighted by molar-refractivity contribution is -0.161. The number of ketones is 1. The van der Waals surface area contributed by atoms with Crippen molar-refractivity contribution in [2.24, 2.45) is 17.3 Å². The Labute approximate surface area is 87.1 Å². The summed E-state index contributed by atoms with van der Waals surface area (Å²) in [6.45, 7) is 3.49. The number of carbonyl (C=O) groups excluding carboxylic acids is 1. The van der Waals surface area contributed by atoms with E-state index in [4.69, 9.17) is 10.2 Å². The van der Waals surface area contributed by atoms with Gasteiger partial charge in [-0.05, 0) is 17.8 Å². The van der Waals surface area contributed by atoms with E-state index < -0.39 is 29.1 Å². The van der Waals surface area contributed by atoms with Crippen molar-refractivity contribution >= 4 is 17.7 Å². The normalized spacial score (nSPS) is 27.9. The first-order chi connectivity index (χ1) is 6.76. The lowest BCUT2D eigenvalue weighted by Crippen LogP contribution is -2.51. The SMILES string of the molecule is CC1(C)[C@@H](CC(=O)O)C[C@H]1C(=O)C(=O)O. The zero-order chi connectivity index (χ0) is 11.8. The fraction of sp³-hybridized carbons (Fsp3) is 0.700. The van der Waals surface area contributed by atoms with Crippen LogP contribution in [0.5, 0.6) is 0 Å². The van der Waals surface area contributed by atoms with Gasteiger partial charge in [0.2, 0.25) is 5.78 Å². The molecule has 2 atom stereocenters. The van der Waals surface area contributed by atoms with Crippen LogP contribution in [0.2, 0.25) is 0 Å². The first kappa shape index (κ1) is 11.7. The predicted molar refractivity (Wildman–Crippen MR) is 50.3 cm³/mol. The Kier molecular flexibility index (Phi) is 2.83. The second kappa shape index (κ2) is 3.64. The molecule has 1 rings (SSSR count). The van der Waals surface area contributed by atoms with Crippen LogP contribution in [-0.4, -0.2) is 27.9 Å². The van der Waals surface area contributed by atoms with Gasteiger partial charge < -0.3 is 10.2 Å². The molecule has 0 radical (unpaired) electrons. The van der Waals surface area contributed by atoms with Gasteiger partial charge in [-0.3, -0.25) is 9.59 Å². The summed E-state index contributed by atoms with van der Waals surface area (Å²) in [4.78, 5) is 32.2. The lowest BCUT2D eigenvalue weighted by atomic mass is 9.52. The highest BCUT2D eigenvalue weighted by Gasteiger charge is 2.53. The van der Waals surface area contributed by atoms with E-state index in [-0.39, 0.29) is 12.3 Å². The van der Waals surface area contributed by atoms with Crippen LogP contribution in [0.4, 0.5) is 0 Å². The van der Waals surface area contributed by atoms with Crippen molar-refractivity contribution < 1.29 is 24.6 Å². The molecule has 5 nitrogen and oxygen atoms in total. The van der Waals surface area contributed by atoms with Gasteiger partial charge in [0, 0.05) is 12.3 Å². The zero-order valence-electron chi connectivity index (χ0n) is 8.69. The van der Waals surface area contributed by atoms with Gasteiger partial charge in [-0.15, -0.1) is 0 Å². The summed E-state index contributed by atoms with van der Waals surface area (Å²) in [6, 6.07) is 0. The molecule has 0 spiro atoms. The zero-order valence-corrected chi connectivity index (χ0v) is 8.69. The van der Waals surface area contributed by atoms with Gasteiger partial charge in [0.25, 0.3) is 0 Å². The van der Waals surface area contributed by atoms with Crippen LogP contribution in [0.3, 0.4) is 0 Å². The van der Waals surface area contributed by atoms with Crippen molar-refractivity contribution in [3.63, 3.8) is 0 Å². The van der Waals surface area contributed by atoms with E-state index in [0.717, 1.165) is 0 Å². The third-order valence-corrected chi connectivity index (χ3v) is 3.42. The minimum absolute atomic E-state index is 0.00357. The molecule has 0 heterocycles. The number of rotatable bonds is 4. The third kappa shape index (κ3) is 2.00. The summed E-state index contributed by atoms with van der Waals surface area (Å²) in [5.41, 5.74) is -0.520. The molecule has 15 heavy (non-hydrogen) atoms. The van der Waals surface area contributed by atoms with Crippen LogP contribution in [-0.2, 0) is 14.4 Å². The van der Waals surface area contributed by atoms with E-state index in [9.17, 15) is 14.4 Å². The number of carboxylic acids is 2.